The number of benzene rings is 1. The first-order valence-corrected chi connectivity index (χ1v) is 8.75. The molecule has 1 aromatic carbocycles. The summed E-state index contributed by atoms with van der Waals surface area (Å²) in [7, 11) is -4.04. The van der Waals surface area contributed by atoms with Crippen molar-refractivity contribution < 1.29 is 21.6 Å². The maximum Gasteiger partial charge on any atom is 0.416 e. The molecule has 0 atom stereocenters. The number of nitrogens with zero attached hydrogens (tertiary/aromatic N) is 2. The highest BCUT2D eigenvalue weighted by Gasteiger charge is 2.37. The third-order valence-electron chi connectivity index (χ3n) is 4.25. The number of amidine groups is 1. The van der Waals surface area contributed by atoms with Gasteiger partial charge in [0.25, 0.3) is 10.0 Å². The van der Waals surface area contributed by atoms with Crippen LogP contribution in [0.5, 0.6) is 0 Å². The van der Waals surface area contributed by atoms with Gasteiger partial charge in [0.2, 0.25) is 0 Å². The standard InChI is InChI=1S/C14H16F3N3O2S/c15-14(16,17)10-6-7-12-11(8-10)20(18)13(19-23(12,21)22)9-4-2-1-3-5-9/h6-9H,1-5,18H2. The van der Waals surface area contributed by atoms with Gasteiger partial charge in [-0.05, 0) is 31.0 Å². The second kappa shape index (κ2) is 5.48. The van der Waals surface area contributed by atoms with Gasteiger partial charge < -0.3 is 0 Å². The molecule has 1 heterocycles. The smallest absolute Gasteiger partial charge is 0.263 e. The van der Waals surface area contributed by atoms with Gasteiger partial charge in [0.15, 0.2) is 0 Å². The van der Waals surface area contributed by atoms with Crippen molar-refractivity contribution >= 4 is 21.5 Å². The molecule has 1 saturated carbocycles. The van der Waals surface area contributed by atoms with Crippen molar-refractivity contribution in [2.45, 2.75) is 43.2 Å². The maximum absolute atomic E-state index is 12.9. The molecule has 0 aromatic heterocycles. The quantitative estimate of drug-likeness (QED) is 0.792. The number of anilines is 1. The zero-order valence-corrected chi connectivity index (χ0v) is 13.0. The van der Waals surface area contributed by atoms with E-state index in [9.17, 15) is 21.6 Å². The molecule has 2 aliphatic rings. The van der Waals surface area contributed by atoms with Gasteiger partial charge in [-0.25, -0.2) is 5.84 Å². The molecule has 1 fully saturated rings. The molecule has 126 valence electrons. The molecule has 1 aliphatic heterocycles. The highest BCUT2D eigenvalue weighted by atomic mass is 32.2. The molecular weight excluding hydrogens is 331 g/mol. The summed E-state index contributed by atoms with van der Waals surface area (Å²) in [6.07, 6.45) is -0.206. The Morgan fingerprint density at radius 1 is 1.17 bits per heavy atom. The Balaban J connectivity index is 2.08. The van der Waals surface area contributed by atoms with E-state index in [1.807, 2.05) is 0 Å². The number of sulfonamides is 1. The zero-order chi connectivity index (χ0) is 16.8. The zero-order valence-electron chi connectivity index (χ0n) is 12.2. The number of nitrogens with two attached hydrogens (primary N) is 1. The Labute approximate surface area is 132 Å². The average Bonchev–Trinajstić information content (AvgIpc) is 2.50. The molecule has 0 bridgehead atoms. The van der Waals surface area contributed by atoms with Crippen molar-refractivity contribution in [3.8, 4) is 0 Å². The van der Waals surface area contributed by atoms with Gasteiger partial charge in [-0.1, -0.05) is 19.3 Å². The predicted molar refractivity (Wildman–Crippen MR) is 79.3 cm³/mol. The first-order valence-electron chi connectivity index (χ1n) is 7.31. The van der Waals surface area contributed by atoms with E-state index in [4.69, 9.17) is 5.84 Å². The summed E-state index contributed by atoms with van der Waals surface area (Å²) in [5, 5.41) is 1.00. The van der Waals surface area contributed by atoms with Crippen LogP contribution in [0.15, 0.2) is 27.5 Å². The number of alkyl halides is 3. The lowest BCUT2D eigenvalue weighted by atomic mass is 9.88. The van der Waals surface area contributed by atoms with Crippen molar-refractivity contribution in [1.29, 1.82) is 0 Å². The maximum atomic E-state index is 12.9. The lowest BCUT2D eigenvalue weighted by Crippen LogP contribution is -2.45. The van der Waals surface area contributed by atoms with Crippen molar-refractivity contribution in [3.05, 3.63) is 23.8 Å². The second-order valence-corrected chi connectivity index (χ2v) is 7.38. The van der Waals surface area contributed by atoms with Gasteiger partial charge >= 0.3 is 6.18 Å². The number of halogens is 3. The summed E-state index contributed by atoms with van der Waals surface area (Å²) in [5.41, 5.74) is -1.11. The van der Waals surface area contributed by atoms with Gasteiger partial charge in [0.05, 0.1) is 11.3 Å². The summed E-state index contributed by atoms with van der Waals surface area (Å²) in [4.78, 5) is -0.299. The predicted octanol–water partition coefficient (Wildman–Crippen LogP) is 3.07. The van der Waals surface area contributed by atoms with Crippen molar-refractivity contribution in [2.24, 2.45) is 16.2 Å². The minimum atomic E-state index is -4.57. The van der Waals surface area contributed by atoms with E-state index in [-0.39, 0.29) is 22.3 Å². The number of fused-ring (bicyclic) bond motifs is 1. The molecule has 0 amide bonds. The summed E-state index contributed by atoms with van der Waals surface area (Å²) in [6, 6.07) is 2.41. The van der Waals surface area contributed by atoms with Crippen LogP contribution in [-0.2, 0) is 16.2 Å². The summed E-state index contributed by atoms with van der Waals surface area (Å²) in [5.74, 6) is 5.91. The fourth-order valence-corrected chi connectivity index (χ4v) is 4.32. The summed E-state index contributed by atoms with van der Waals surface area (Å²) >= 11 is 0. The molecule has 2 N–H and O–H groups in total. The molecule has 3 rings (SSSR count). The molecule has 1 aromatic rings. The van der Waals surface area contributed by atoms with Crippen LogP contribution in [0.25, 0.3) is 0 Å². The highest BCUT2D eigenvalue weighted by molar-refractivity contribution is 7.90. The lowest BCUT2D eigenvalue weighted by molar-refractivity contribution is -0.137. The first-order chi connectivity index (χ1) is 10.7. The first kappa shape index (κ1) is 16.3. The number of hydrogen-bond acceptors (Lipinski definition) is 4. The number of hydrogen-bond donors (Lipinski definition) is 1. The van der Waals surface area contributed by atoms with Crippen LogP contribution in [0.4, 0.5) is 18.9 Å². The van der Waals surface area contributed by atoms with Gasteiger partial charge in [0.1, 0.15) is 10.7 Å². The van der Waals surface area contributed by atoms with E-state index >= 15 is 0 Å². The largest absolute Gasteiger partial charge is 0.416 e. The summed E-state index contributed by atoms with van der Waals surface area (Å²) in [6.45, 7) is 0. The van der Waals surface area contributed by atoms with Crippen molar-refractivity contribution in [3.63, 3.8) is 0 Å². The Bertz CT molecular complexity index is 753. The third kappa shape index (κ3) is 2.94. The Hall–Kier alpha value is -1.61. The van der Waals surface area contributed by atoms with E-state index in [1.54, 1.807) is 0 Å². The van der Waals surface area contributed by atoms with Crippen LogP contribution < -0.4 is 10.9 Å². The highest BCUT2D eigenvalue weighted by Crippen LogP contribution is 2.39. The van der Waals surface area contributed by atoms with Crippen molar-refractivity contribution in [2.75, 3.05) is 5.01 Å². The second-order valence-electron chi connectivity index (χ2n) is 5.81. The molecule has 23 heavy (non-hydrogen) atoms. The van der Waals surface area contributed by atoms with Crippen LogP contribution in [0.3, 0.4) is 0 Å². The van der Waals surface area contributed by atoms with Crippen LogP contribution >= 0.6 is 0 Å². The van der Waals surface area contributed by atoms with E-state index < -0.39 is 21.8 Å². The van der Waals surface area contributed by atoms with E-state index in [0.29, 0.717) is 0 Å². The Morgan fingerprint density at radius 3 is 2.43 bits per heavy atom. The molecule has 0 radical (unpaired) electrons. The van der Waals surface area contributed by atoms with E-state index in [2.05, 4.69) is 4.40 Å². The molecule has 1 aliphatic carbocycles. The Kier molecular flexibility index (Phi) is 3.88. The molecule has 5 nitrogen and oxygen atoms in total. The molecule has 0 saturated heterocycles. The normalized spacial score (nSPS) is 21.7. The molecule has 0 unspecified atom stereocenters. The average molecular weight is 347 g/mol. The Morgan fingerprint density at radius 2 is 1.83 bits per heavy atom. The van der Waals surface area contributed by atoms with Gasteiger partial charge in [-0.3, -0.25) is 5.01 Å². The minimum absolute atomic E-state index is 0.136. The monoisotopic (exact) mass is 347 g/mol. The lowest BCUT2D eigenvalue weighted by Gasteiger charge is -2.33. The molecular formula is C14H16F3N3O2S. The third-order valence-corrected chi connectivity index (χ3v) is 5.58. The molecule has 9 heteroatoms. The van der Waals surface area contributed by atoms with Gasteiger partial charge in [-0.2, -0.15) is 21.6 Å². The fraction of sp³-hybridized carbons (Fsp3) is 0.500. The summed E-state index contributed by atoms with van der Waals surface area (Å²) < 4.78 is 67.0. The van der Waals surface area contributed by atoms with Gasteiger partial charge in [0, 0.05) is 5.92 Å². The van der Waals surface area contributed by atoms with Crippen molar-refractivity contribution in [1.82, 2.24) is 0 Å². The van der Waals surface area contributed by atoms with E-state index in [0.717, 1.165) is 55.3 Å². The van der Waals surface area contributed by atoms with Gasteiger partial charge in [-0.15, -0.1) is 4.40 Å². The number of rotatable bonds is 1. The van der Waals surface area contributed by atoms with E-state index in [1.165, 1.54) is 0 Å². The number of hydrazine groups is 1. The minimum Gasteiger partial charge on any atom is -0.263 e. The molecule has 0 spiro atoms. The van der Waals surface area contributed by atoms with Crippen LogP contribution in [-0.4, -0.2) is 14.3 Å². The fourth-order valence-electron chi connectivity index (χ4n) is 3.07. The van der Waals surface area contributed by atoms with Crippen LogP contribution in [0, 0.1) is 5.92 Å². The van der Waals surface area contributed by atoms with Crippen LogP contribution in [0.1, 0.15) is 37.7 Å². The topological polar surface area (TPSA) is 75.8 Å². The SMILES string of the molecule is NN1C(C2CCCCC2)=NS(=O)(=O)c2ccc(C(F)(F)F)cc21. The van der Waals surface area contributed by atoms with Crippen LogP contribution in [0.2, 0.25) is 0 Å².